The summed E-state index contributed by atoms with van der Waals surface area (Å²) in [6.45, 7) is 0.716. The van der Waals surface area contributed by atoms with Crippen molar-refractivity contribution in [3.05, 3.63) is 70.8 Å². The molecule has 0 heterocycles. The Balaban J connectivity index is 1.41. The Kier molecular flexibility index (Phi) is 5.17. The molecule has 1 amide bonds. The standard InChI is InChI=1S/C19H21NOS/c21-19(18-10-9-16-7-4-8-17(16)13-18)20-11-12-22-14-15-5-2-1-3-6-15/h1-3,5-6,9-10,13H,4,7-8,11-12,14H2,(H,20,21). The molecule has 0 saturated heterocycles. The quantitative estimate of drug-likeness (QED) is 0.821. The minimum absolute atomic E-state index is 0.0509. The highest BCUT2D eigenvalue weighted by atomic mass is 32.2. The number of benzene rings is 2. The molecule has 0 atom stereocenters. The van der Waals surface area contributed by atoms with Gasteiger partial charge in [-0.25, -0.2) is 0 Å². The summed E-state index contributed by atoms with van der Waals surface area (Å²) in [5.41, 5.74) is 4.90. The zero-order chi connectivity index (χ0) is 15.2. The van der Waals surface area contributed by atoms with E-state index in [-0.39, 0.29) is 5.91 Å². The van der Waals surface area contributed by atoms with Gasteiger partial charge in [0.1, 0.15) is 0 Å². The Morgan fingerprint density at radius 1 is 1.05 bits per heavy atom. The third kappa shape index (κ3) is 3.92. The maximum absolute atomic E-state index is 12.2. The fourth-order valence-electron chi connectivity index (χ4n) is 2.82. The molecule has 3 rings (SSSR count). The van der Waals surface area contributed by atoms with Gasteiger partial charge in [-0.2, -0.15) is 11.8 Å². The SMILES string of the molecule is O=C(NCCSCc1ccccc1)c1ccc2c(c1)CCC2. The van der Waals surface area contributed by atoms with E-state index in [2.05, 4.69) is 41.7 Å². The fraction of sp³-hybridized carbons (Fsp3) is 0.316. The summed E-state index contributed by atoms with van der Waals surface area (Å²) < 4.78 is 0. The molecule has 2 aromatic carbocycles. The average Bonchev–Trinajstić information content (AvgIpc) is 3.03. The first-order valence-corrected chi connectivity index (χ1v) is 9.00. The summed E-state index contributed by atoms with van der Waals surface area (Å²) in [5.74, 6) is 1.98. The summed E-state index contributed by atoms with van der Waals surface area (Å²) in [6, 6.07) is 16.6. The lowest BCUT2D eigenvalue weighted by atomic mass is 10.1. The van der Waals surface area contributed by atoms with Crippen LogP contribution in [-0.2, 0) is 18.6 Å². The molecule has 114 valence electrons. The van der Waals surface area contributed by atoms with Gasteiger partial charge in [0.05, 0.1) is 0 Å². The van der Waals surface area contributed by atoms with Gasteiger partial charge in [-0.15, -0.1) is 0 Å². The van der Waals surface area contributed by atoms with Crippen molar-refractivity contribution >= 4 is 17.7 Å². The van der Waals surface area contributed by atoms with E-state index in [1.807, 2.05) is 23.9 Å². The van der Waals surface area contributed by atoms with Crippen LogP contribution in [0.25, 0.3) is 0 Å². The van der Waals surface area contributed by atoms with Gasteiger partial charge in [0.15, 0.2) is 0 Å². The van der Waals surface area contributed by atoms with Gasteiger partial charge in [-0.1, -0.05) is 36.4 Å². The van der Waals surface area contributed by atoms with Crippen LogP contribution in [0.15, 0.2) is 48.5 Å². The normalized spacial score (nSPS) is 12.9. The summed E-state index contributed by atoms with van der Waals surface area (Å²) in [5, 5.41) is 3.02. The topological polar surface area (TPSA) is 29.1 Å². The van der Waals surface area contributed by atoms with Crippen LogP contribution in [-0.4, -0.2) is 18.2 Å². The highest BCUT2D eigenvalue weighted by Crippen LogP contribution is 2.22. The number of hydrogen-bond acceptors (Lipinski definition) is 2. The van der Waals surface area contributed by atoms with Crippen LogP contribution in [0.3, 0.4) is 0 Å². The molecule has 0 aromatic heterocycles. The molecular formula is C19H21NOS. The first kappa shape index (κ1) is 15.2. The van der Waals surface area contributed by atoms with Crippen molar-refractivity contribution in [3.63, 3.8) is 0 Å². The molecule has 0 radical (unpaired) electrons. The number of aryl methyl sites for hydroxylation is 2. The predicted molar refractivity (Wildman–Crippen MR) is 93.4 cm³/mol. The second-order valence-corrected chi connectivity index (χ2v) is 6.74. The van der Waals surface area contributed by atoms with Crippen LogP contribution in [0.5, 0.6) is 0 Å². The molecule has 2 nitrogen and oxygen atoms in total. The van der Waals surface area contributed by atoms with Crippen molar-refractivity contribution in [2.75, 3.05) is 12.3 Å². The number of thioether (sulfide) groups is 1. The highest BCUT2D eigenvalue weighted by molar-refractivity contribution is 7.98. The van der Waals surface area contributed by atoms with Gasteiger partial charge in [0.2, 0.25) is 0 Å². The summed E-state index contributed by atoms with van der Waals surface area (Å²) in [7, 11) is 0. The number of rotatable bonds is 6. The van der Waals surface area contributed by atoms with E-state index in [4.69, 9.17) is 0 Å². The number of carbonyl (C=O) groups excluding carboxylic acids is 1. The molecule has 22 heavy (non-hydrogen) atoms. The van der Waals surface area contributed by atoms with Gasteiger partial charge < -0.3 is 5.32 Å². The van der Waals surface area contributed by atoms with Crippen LogP contribution in [0.2, 0.25) is 0 Å². The van der Waals surface area contributed by atoms with E-state index >= 15 is 0 Å². The molecule has 1 N–H and O–H groups in total. The van der Waals surface area contributed by atoms with E-state index in [1.54, 1.807) is 0 Å². The summed E-state index contributed by atoms with van der Waals surface area (Å²) >= 11 is 1.85. The zero-order valence-electron chi connectivity index (χ0n) is 12.7. The average molecular weight is 311 g/mol. The fourth-order valence-corrected chi connectivity index (χ4v) is 3.64. The maximum Gasteiger partial charge on any atom is 0.251 e. The first-order valence-electron chi connectivity index (χ1n) is 7.84. The highest BCUT2D eigenvalue weighted by Gasteiger charge is 2.13. The van der Waals surface area contributed by atoms with E-state index in [0.717, 1.165) is 29.9 Å². The van der Waals surface area contributed by atoms with Gasteiger partial charge >= 0.3 is 0 Å². The second kappa shape index (κ2) is 7.50. The van der Waals surface area contributed by atoms with Crippen molar-refractivity contribution in [3.8, 4) is 0 Å². The van der Waals surface area contributed by atoms with Gasteiger partial charge in [0.25, 0.3) is 5.91 Å². The first-order chi connectivity index (χ1) is 10.8. The van der Waals surface area contributed by atoms with E-state index < -0.39 is 0 Å². The third-order valence-corrected chi connectivity index (χ3v) is 5.03. The van der Waals surface area contributed by atoms with Crippen molar-refractivity contribution in [1.82, 2.24) is 5.32 Å². The van der Waals surface area contributed by atoms with Crippen LogP contribution >= 0.6 is 11.8 Å². The number of nitrogens with one attached hydrogen (secondary N) is 1. The Morgan fingerprint density at radius 2 is 1.86 bits per heavy atom. The van der Waals surface area contributed by atoms with Crippen LogP contribution in [0.1, 0.15) is 33.5 Å². The third-order valence-electron chi connectivity index (χ3n) is 4.00. The largest absolute Gasteiger partial charge is 0.351 e. The van der Waals surface area contributed by atoms with Gasteiger partial charge in [-0.05, 0) is 48.1 Å². The number of hydrogen-bond donors (Lipinski definition) is 1. The van der Waals surface area contributed by atoms with E-state index in [1.165, 1.54) is 23.1 Å². The molecular weight excluding hydrogens is 290 g/mol. The maximum atomic E-state index is 12.2. The molecule has 3 heteroatoms. The van der Waals surface area contributed by atoms with Crippen LogP contribution in [0.4, 0.5) is 0 Å². The van der Waals surface area contributed by atoms with Gasteiger partial charge in [0, 0.05) is 23.6 Å². The summed E-state index contributed by atoms with van der Waals surface area (Å²) in [6.07, 6.45) is 3.49. The number of amides is 1. The Hall–Kier alpha value is -1.74. The van der Waals surface area contributed by atoms with Crippen molar-refractivity contribution in [1.29, 1.82) is 0 Å². The van der Waals surface area contributed by atoms with Crippen LogP contribution in [0, 0.1) is 0 Å². The lowest BCUT2D eigenvalue weighted by Gasteiger charge is -2.07. The van der Waals surface area contributed by atoms with Crippen LogP contribution < -0.4 is 5.32 Å². The molecule has 1 aliphatic carbocycles. The molecule has 0 unspecified atom stereocenters. The van der Waals surface area contributed by atoms with E-state index in [9.17, 15) is 4.79 Å². The molecule has 1 aliphatic rings. The molecule has 0 spiro atoms. The lowest BCUT2D eigenvalue weighted by Crippen LogP contribution is -2.25. The Morgan fingerprint density at radius 3 is 2.73 bits per heavy atom. The smallest absolute Gasteiger partial charge is 0.251 e. The molecule has 0 bridgehead atoms. The molecule has 0 aliphatic heterocycles. The Bertz CT molecular complexity index is 639. The number of carbonyl (C=O) groups is 1. The minimum Gasteiger partial charge on any atom is -0.351 e. The molecule has 2 aromatic rings. The van der Waals surface area contributed by atoms with Gasteiger partial charge in [-0.3, -0.25) is 4.79 Å². The lowest BCUT2D eigenvalue weighted by molar-refractivity contribution is 0.0956. The predicted octanol–water partition coefficient (Wildman–Crippen LogP) is 3.84. The van der Waals surface area contributed by atoms with E-state index in [0.29, 0.717) is 6.54 Å². The zero-order valence-corrected chi connectivity index (χ0v) is 13.5. The summed E-state index contributed by atoms with van der Waals surface area (Å²) in [4.78, 5) is 12.2. The molecule has 0 fully saturated rings. The second-order valence-electron chi connectivity index (χ2n) is 5.63. The minimum atomic E-state index is 0.0509. The van der Waals surface area contributed by atoms with Crippen molar-refractivity contribution < 1.29 is 4.79 Å². The van der Waals surface area contributed by atoms with Crippen molar-refractivity contribution in [2.45, 2.75) is 25.0 Å². The van der Waals surface area contributed by atoms with Crippen molar-refractivity contribution in [2.24, 2.45) is 0 Å². The monoisotopic (exact) mass is 311 g/mol. The molecule has 0 saturated carbocycles. The Labute approximate surface area is 136 Å². The number of fused-ring (bicyclic) bond motifs is 1.